The first-order chi connectivity index (χ1) is 11.0. The van der Waals surface area contributed by atoms with Crippen LogP contribution in [-0.2, 0) is 6.54 Å². The molecule has 0 aliphatic rings. The maximum Gasteiger partial charge on any atom is 0.333 e. The van der Waals surface area contributed by atoms with E-state index in [0.29, 0.717) is 11.2 Å². The van der Waals surface area contributed by atoms with Crippen LogP contribution in [0.2, 0.25) is 0 Å². The van der Waals surface area contributed by atoms with E-state index in [0.717, 1.165) is 5.52 Å². The molecule has 23 heavy (non-hydrogen) atoms. The van der Waals surface area contributed by atoms with Crippen LogP contribution in [0.3, 0.4) is 0 Å². The van der Waals surface area contributed by atoms with Crippen molar-refractivity contribution in [3.05, 3.63) is 77.0 Å². The van der Waals surface area contributed by atoms with E-state index >= 15 is 0 Å². The van der Waals surface area contributed by atoms with Crippen LogP contribution in [0.25, 0.3) is 16.7 Å². The van der Waals surface area contributed by atoms with E-state index in [4.69, 9.17) is 5.41 Å². The van der Waals surface area contributed by atoms with Crippen molar-refractivity contribution in [3.63, 3.8) is 0 Å². The van der Waals surface area contributed by atoms with Crippen molar-refractivity contribution in [2.75, 3.05) is 0 Å². The van der Waals surface area contributed by atoms with E-state index in [1.54, 1.807) is 25.1 Å². The molecule has 0 aliphatic heterocycles. The van der Waals surface area contributed by atoms with Crippen molar-refractivity contribution in [1.82, 2.24) is 9.13 Å². The molecule has 0 fully saturated rings. The number of aromatic nitrogens is 2. The maximum absolute atomic E-state index is 13.8. The van der Waals surface area contributed by atoms with Gasteiger partial charge in [-0.15, -0.1) is 0 Å². The molecule has 0 unspecified atom stereocenters. The molecule has 0 atom stereocenters. The molecule has 116 valence electrons. The smallest absolute Gasteiger partial charge is 0.303 e. The number of halogens is 1. The highest BCUT2D eigenvalue weighted by Gasteiger charge is 2.16. The van der Waals surface area contributed by atoms with Crippen LogP contribution >= 0.6 is 0 Å². The first-order valence-electron chi connectivity index (χ1n) is 7.19. The molecule has 1 aromatic heterocycles. The van der Waals surface area contributed by atoms with Crippen molar-refractivity contribution in [3.8, 4) is 0 Å². The summed E-state index contributed by atoms with van der Waals surface area (Å²) in [5.74, 6) is -0.464. The second kappa shape index (κ2) is 5.68. The highest BCUT2D eigenvalue weighted by Crippen LogP contribution is 2.17. The van der Waals surface area contributed by atoms with Gasteiger partial charge >= 0.3 is 5.69 Å². The third-order valence-corrected chi connectivity index (χ3v) is 3.73. The van der Waals surface area contributed by atoms with Gasteiger partial charge in [-0.1, -0.05) is 36.9 Å². The molecule has 0 amide bonds. The summed E-state index contributed by atoms with van der Waals surface area (Å²) in [5, 5.41) is 8.17. The standard InChI is InChI=1S/C18H16FN3O/c1-12(2)22-17-10-6-5-9-16(17)21(18(22)23)11-15(20)13-7-3-4-8-14(13)19/h3-10,20H,1,11H2,2H3. The van der Waals surface area contributed by atoms with Crippen LogP contribution in [0.4, 0.5) is 4.39 Å². The molecule has 0 radical (unpaired) electrons. The second-order valence-electron chi connectivity index (χ2n) is 5.39. The fourth-order valence-electron chi connectivity index (χ4n) is 2.68. The fraction of sp³-hybridized carbons (Fsp3) is 0.111. The van der Waals surface area contributed by atoms with Gasteiger partial charge in [0.1, 0.15) is 5.82 Å². The first-order valence-corrected chi connectivity index (χ1v) is 7.19. The van der Waals surface area contributed by atoms with E-state index < -0.39 is 5.82 Å². The number of nitrogens with one attached hydrogen (secondary N) is 1. The molecule has 1 heterocycles. The Morgan fingerprint density at radius 2 is 1.74 bits per heavy atom. The largest absolute Gasteiger partial charge is 0.333 e. The Hall–Kier alpha value is -2.95. The second-order valence-corrected chi connectivity index (χ2v) is 5.39. The molecule has 0 saturated carbocycles. The maximum atomic E-state index is 13.8. The van der Waals surface area contributed by atoms with Gasteiger partial charge in [0.2, 0.25) is 0 Å². The summed E-state index contributed by atoms with van der Waals surface area (Å²) >= 11 is 0. The monoisotopic (exact) mass is 309 g/mol. The minimum atomic E-state index is -0.464. The van der Waals surface area contributed by atoms with Crippen LogP contribution in [0.15, 0.2) is 59.9 Å². The van der Waals surface area contributed by atoms with Gasteiger partial charge < -0.3 is 5.41 Å². The zero-order chi connectivity index (χ0) is 16.6. The SMILES string of the molecule is C=C(C)n1c(=O)n(CC(=N)c2ccccc2F)c2ccccc21. The Labute approximate surface area is 132 Å². The summed E-state index contributed by atoms with van der Waals surface area (Å²) in [7, 11) is 0. The average molecular weight is 309 g/mol. The van der Waals surface area contributed by atoms with Crippen LogP contribution in [0.1, 0.15) is 12.5 Å². The Morgan fingerprint density at radius 1 is 1.13 bits per heavy atom. The predicted octanol–water partition coefficient (Wildman–Crippen LogP) is 3.50. The van der Waals surface area contributed by atoms with Gasteiger partial charge in [0.05, 0.1) is 23.3 Å². The summed E-state index contributed by atoms with van der Waals surface area (Å²) in [6.45, 7) is 5.59. The molecular formula is C18H16FN3O. The van der Waals surface area contributed by atoms with E-state index in [1.165, 1.54) is 15.2 Å². The Morgan fingerprint density at radius 3 is 2.39 bits per heavy atom. The lowest BCUT2D eigenvalue weighted by Gasteiger charge is -2.07. The Kier molecular flexibility index (Phi) is 3.70. The van der Waals surface area contributed by atoms with Crippen molar-refractivity contribution in [2.45, 2.75) is 13.5 Å². The number of hydrogen-bond acceptors (Lipinski definition) is 2. The molecule has 0 saturated heterocycles. The number of allylic oxidation sites excluding steroid dienone is 1. The molecule has 4 nitrogen and oxygen atoms in total. The Bertz CT molecular complexity index is 981. The van der Waals surface area contributed by atoms with Gasteiger partial charge in [0, 0.05) is 11.3 Å². The van der Waals surface area contributed by atoms with E-state index in [-0.39, 0.29) is 23.5 Å². The van der Waals surface area contributed by atoms with Gasteiger partial charge in [0.25, 0.3) is 0 Å². The number of rotatable bonds is 4. The van der Waals surface area contributed by atoms with Crippen LogP contribution in [0.5, 0.6) is 0 Å². The van der Waals surface area contributed by atoms with E-state index in [9.17, 15) is 9.18 Å². The molecular weight excluding hydrogens is 293 g/mol. The van der Waals surface area contributed by atoms with Gasteiger partial charge in [0.15, 0.2) is 0 Å². The molecule has 3 aromatic rings. The lowest BCUT2D eigenvalue weighted by atomic mass is 10.1. The van der Waals surface area contributed by atoms with Gasteiger partial charge in [-0.3, -0.25) is 9.13 Å². The quantitative estimate of drug-likeness (QED) is 0.737. The third kappa shape index (κ3) is 2.50. The topological polar surface area (TPSA) is 50.8 Å². The Balaban J connectivity index is 2.13. The van der Waals surface area contributed by atoms with Gasteiger partial charge in [-0.05, 0) is 25.1 Å². The number of imidazole rings is 1. The molecule has 1 N–H and O–H groups in total. The highest BCUT2D eigenvalue weighted by atomic mass is 19.1. The van der Waals surface area contributed by atoms with Gasteiger partial charge in [-0.25, -0.2) is 9.18 Å². The average Bonchev–Trinajstić information content (AvgIpc) is 2.80. The minimum Gasteiger partial charge on any atom is -0.303 e. The number of fused-ring (bicyclic) bond motifs is 1. The minimum absolute atomic E-state index is 0.000556. The summed E-state index contributed by atoms with van der Waals surface area (Å²) in [6, 6.07) is 13.4. The van der Waals surface area contributed by atoms with Gasteiger partial charge in [-0.2, -0.15) is 0 Å². The molecule has 0 aliphatic carbocycles. The fourth-order valence-corrected chi connectivity index (χ4v) is 2.68. The van der Waals surface area contributed by atoms with Crippen LogP contribution < -0.4 is 5.69 Å². The zero-order valence-electron chi connectivity index (χ0n) is 12.7. The van der Waals surface area contributed by atoms with E-state index in [1.807, 2.05) is 24.3 Å². The molecule has 5 heteroatoms. The highest BCUT2D eigenvalue weighted by molar-refractivity contribution is 5.99. The molecule has 3 rings (SSSR count). The number of nitrogens with zero attached hydrogens (tertiary/aromatic N) is 2. The lowest BCUT2D eigenvalue weighted by Crippen LogP contribution is -2.26. The zero-order valence-corrected chi connectivity index (χ0v) is 12.7. The number of benzene rings is 2. The predicted molar refractivity (Wildman–Crippen MR) is 90.4 cm³/mol. The van der Waals surface area contributed by atoms with E-state index in [2.05, 4.69) is 6.58 Å². The normalized spacial score (nSPS) is 10.9. The molecule has 0 spiro atoms. The van der Waals surface area contributed by atoms with Crippen LogP contribution in [0, 0.1) is 11.2 Å². The number of para-hydroxylation sites is 2. The summed E-state index contributed by atoms with van der Waals surface area (Å²) in [6.07, 6.45) is 0. The van der Waals surface area contributed by atoms with Crippen molar-refractivity contribution < 1.29 is 4.39 Å². The lowest BCUT2D eigenvalue weighted by molar-refractivity contribution is 0.623. The first kappa shape index (κ1) is 15.0. The summed E-state index contributed by atoms with van der Waals surface area (Å²) in [4.78, 5) is 12.7. The van der Waals surface area contributed by atoms with Crippen LogP contribution in [-0.4, -0.2) is 14.8 Å². The summed E-state index contributed by atoms with van der Waals surface area (Å²) in [5.41, 5.74) is 2.00. The van der Waals surface area contributed by atoms with Crippen molar-refractivity contribution in [1.29, 1.82) is 5.41 Å². The third-order valence-electron chi connectivity index (χ3n) is 3.73. The van der Waals surface area contributed by atoms with Crippen molar-refractivity contribution in [2.24, 2.45) is 0 Å². The molecule has 0 bridgehead atoms. The van der Waals surface area contributed by atoms with Crippen molar-refractivity contribution >= 4 is 22.4 Å². The number of hydrogen-bond donors (Lipinski definition) is 1. The molecule has 2 aromatic carbocycles. The summed E-state index contributed by atoms with van der Waals surface area (Å²) < 4.78 is 16.8.